The second-order valence-corrected chi connectivity index (χ2v) is 9.86. The van der Waals surface area contributed by atoms with Crippen molar-refractivity contribution in [3.8, 4) is 0 Å². The van der Waals surface area contributed by atoms with Gasteiger partial charge in [0.15, 0.2) is 0 Å². The van der Waals surface area contributed by atoms with Crippen molar-refractivity contribution in [3.63, 3.8) is 0 Å². The molecule has 0 aliphatic heterocycles. The Kier molecular flexibility index (Phi) is 5.22. The topological polar surface area (TPSA) is 0 Å². The maximum absolute atomic E-state index is 2.45. The molecule has 3 rings (SSSR count). The summed E-state index contributed by atoms with van der Waals surface area (Å²) in [5.74, 6) is 0. The smallest absolute Gasteiger partial charge is 0.0129 e. The first kappa shape index (κ1) is 16.7. The molecule has 1 fully saturated rings. The minimum atomic E-state index is -0.234. The Hall–Kier alpha value is -1.13. The SMILES string of the molecule is Cc1cc(C)cc(P(c2cc(C)cc(C)c2)C2CCCCC2)c1. The molecule has 1 aliphatic carbocycles. The molecule has 0 N–H and O–H groups in total. The molecule has 2 aromatic rings. The second-order valence-electron chi connectivity index (χ2n) is 7.35. The lowest BCUT2D eigenvalue weighted by Crippen LogP contribution is -2.24. The van der Waals surface area contributed by atoms with E-state index in [2.05, 4.69) is 64.1 Å². The summed E-state index contributed by atoms with van der Waals surface area (Å²) in [5, 5.41) is 3.18. The van der Waals surface area contributed by atoms with E-state index in [1.54, 1.807) is 10.6 Å². The fraction of sp³-hybridized carbons (Fsp3) is 0.455. The van der Waals surface area contributed by atoms with Gasteiger partial charge < -0.3 is 0 Å². The molecular formula is C22H29P. The average molecular weight is 324 g/mol. The lowest BCUT2D eigenvalue weighted by Gasteiger charge is -2.32. The summed E-state index contributed by atoms with van der Waals surface area (Å²) >= 11 is 0. The monoisotopic (exact) mass is 324 g/mol. The molecule has 122 valence electrons. The molecule has 0 atom stereocenters. The van der Waals surface area contributed by atoms with E-state index in [9.17, 15) is 0 Å². The minimum Gasteiger partial charge on any atom is -0.0563 e. The molecule has 0 unspecified atom stereocenters. The fourth-order valence-corrected chi connectivity index (χ4v) is 7.48. The van der Waals surface area contributed by atoms with Gasteiger partial charge in [0.25, 0.3) is 0 Å². The molecule has 0 radical (unpaired) electrons. The van der Waals surface area contributed by atoms with Gasteiger partial charge in [-0.3, -0.25) is 0 Å². The molecule has 1 aliphatic rings. The van der Waals surface area contributed by atoms with Gasteiger partial charge in [-0.2, -0.15) is 0 Å². The van der Waals surface area contributed by atoms with Crippen molar-refractivity contribution in [2.24, 2.45) is 0 Å². The Labute approximate surface area is 143 Å². The lowest BCUT2D eigenvalue weighted by atomic mass is 10.0. The van der Waals surface area contributed by atoms with Crippen LogP contribution in [0, 0.1) is 27.7 Å². The zero-order valence-corrected chi connectivity index (χ0v) is 15.9. The van der Waals surface area contributed by atoms with Gasteiger partial charge in [-0.25, -0.2) is 0 Å². The molecule has 0 saturated heterocycles. The summed E-state index contributed by atoms with van der Waals surface area (Å²) in [6.45, 7) is 8.97. The Morgan fingerprint density at radius 1 is 0.609 bits per heavy atom. The van der Waals surface area contributed by atoms with Crippen LogP contribution in [0.4, 0.5) is 0 Å². The van der Waals surface area contributed by atoms with Gasteiger partial charge in [0.1, 0.15) is 0 Å². The molecule has 0 heterocycles. The normalized spacial score (nSPS) is 16.0. The van der Waals surface area contributed by atoms with Gasteiger partial charge in [-0.1, -0.05) is 77.9 Å². The quantitative estimate of drug-likeness (QED) is 0.637. The van der Waals surface area contributed by atoms with Gasteiger partial charge in [0.05, 0.1) is 0 Å². The van der Waals surface area contributed by atoms with Crippen LogP contribution in [0.2, 0.25) is 0 Å². The summed E-state index contributed by atoms with van der Waals surface area (Å²) < 4.78 is 0. The number of hydrogen-bond acceptors (Lipinski definition) is 0. The minimum absolute atomic E-state index is 0.234. The highest BCUT2D eigenvalue weighted by molar-refractivity contribution is 7.73. The third-order valence-corrected chi connectivity index (χ3v) is 7.78. The first-order chi connectivity index (χ1) is 11.0. The van der Waals surface area contributed by atoms with E-state index >= 15 is 0 Å². The summed E-state index contributed by atoms with van der Waals surface area (Å²) in [6.07, 6.45) is 7.08. The standard InChI is InChI=1S/C22H29P/c1-16-10-17(2)13-21(12-16)23(20-8-6-5-7-9-20)22-14-18(3)11-19(4)15-22/h10-15,20H,5-9H2,1-4H3. The molecule has 23 heavy (non-hydrogen) atoms. The maximum atomic E-state index is 2.45. The van der Waals surface area contributed by atoms with Crippen LogP contribution in [-0.2, 0) is 0 Å². The van der Waals surface area contributed by atoms with Crippen LogP contribution in [0.1, 0.15) is 54.4 Å². The third-order valence-electron chi connectivity index (χ3n) is 4.91. The lowest BCUT2D eigenvalue weighted by molar-refractivity contribution is 0.513. The van der Waals surface area contributed by atoms with Crippen LogP contribution in [0.3, 0.4) is 0 Å². The highest BCUT2D eigenvalue weighted by atomic mass is 31.1. The molecule has 0 amide bonds. The Balaban J connectivity index is 2.08. The predicted molar refractivity (Wildman–Crippen MR) is 105 cm³/mol. The molecule has 0 aromatic heterocycles. The van der Waals surface area contributed by atoms with E-state index in [1.807, 2.05) is 0 Å². The van der Waals surface area contributed by atoms with Crippen LogP contribution in [0.25, 0.3) is 0 Å². The zero-order chi connectivity index (χ0) is 16.4. The van der Waals surface area contributed by atoms with E-state index in [0.717, 1.165) is 5.66 Å². The van der Waals surface area contributed by atoms with Crippen molar-refractivity contribution < 1.29 is 0 Å². The second kappa shape index (κ2) is 7.18. The van der Waals surface area contributed by atoms with Gasteiger partial charge >= 0.3 is 0 Å². The largest absolute Gasteiger partial charge is 0.0563 e. The van der Waals surface area contributed by atoms with Crippen molar-refractivity contribution in [2.45, 2.75) is 65.5 Å². The number of rotatable bonds is 3. The Morgan fingerprint density at radius 2 is 1.00 bits per heavy atom. The Bertz CT molecular complexity index is 588. The molecule has 0 spiro atoms. The maximum Gasteiger partial charge on any atom is -0.0129 e. The zero-order valence-electron chi connectivity index (χ0n) is 15.0. The first-order valence-corrected chi connectivity index (χ1v) is 10.4. The van der Waals surface area contributed by atoms with Gasteiger partial charge in [0, 0.05) is 0 Å². The van der Waals surface area contributed by atoms with Crippen molar-refractivity contribution in [1.82, 2.24) is 0 Å². The van der Waals surface area contributed by atoms with Crippen molar-refractivity contribution in [2.75, 3.05) is 0 Å². The molecule has 2 aromatic carbocycles. The van der Waals surface area contributed by atoms with Crippen LogP contribution in [-0.4, -0.2) is 5.66 Å². The van der Waals surface area contributed by atoms with Crippen LogP contribution < -0.4 is 10.6 Å². The summed E-state index contributed by atoms with van der Waals surface area (Å²) in [7, 11) is -0.234. The van der Waals surface area contributed by atoms with E-state index in [4.69, 9.17) is 0 Å². The number of aryl methyl sites for hydroxylation is 4. The third kappa shape index (κ3) is 4.04. The van der Waals surface area contributed by atoms with Gasteiger partial charge in [-0.15, -0.1) is 0 Å². The van der Waals surface area contributed by atoms with Gasteiger partial charge in [-0.05, 0) is 64.7 Å². The van der Waals surface area contributed by atoms with Crippen LogP contribution in [0.15, 0.2) is 36.4 Å². The van der Waals surface area contributed by atoms with Crippen molar-refractivity contribution in [3.05, 3.63) is 58.7 Å². The van der Waals surface area contributed by atoms with E-state index in [-0.39, 0.29) is 7.92 Å². The van der Waals surface area contributed by atoms with Crippen molar-refractivity contribution >= 4 is 18.5 Å². The summed E-state index contributed by atoms with van der Waals surface area (Å²) in [4.78, 5) is 0. The molecule has 0 nitrogen and oxygen atoms in total. The average Bonchev–Trinajstić information content (AvgIpc) is 2.46. The predicted octanol–water partition coefficient (Wildman–Crippen LogP) is 5.69. The number of benzene rings is 2. The fourth-order valence-electron chi connectivity index (χ4n) is 4.09. The molecule has 0 bridgehead atoms. The van der Waals surface area contributed by atoms with E-state index in [1.165, 1.54) is 54.4 Å². The highest BCUT2D eigenvalue weighted by Crippen LogP contribution is 2.46. The van der Waals surface area contributed by atoms with Crippen LogP contribution in [0.5, 0.6) is 0 Å². The molecule has 1 heteroatoms. The van der Waals surface area contributed by atoms with Crippen LogP contribution >= 0.6 is 7.92 Å². The van der Waals surface area contributed by atoms with E-state index in [0.29, 0.717) is 0 Å². The summed E-state index contributed by atoms with van der Waals surface area (Å²) in [6, 6.07) is 14.4. The molecular weight excluding hydrogens is 295 g/mol. The Morgan fingerprint density at radius 3 is 1.39 bits per heavy atom. The highest BCUT2D eigenvalue weighted by Gasteiger charge is 2.26. The number of hydrogen-bond donors (Lipinski definition) is 0. The van der Waals surface area contributed by atoms with Gasteiger partial charge in [0.2, 0.25) is 0 Å². The summed E-state index contributed by atoms with van der Waals surface area (Å²) in [5.41, 5.74) is 6.50. The van der Waals surface area contributed by atoms with Crippen molar-refractivity contribution in [1.29, 1.82) is 0 Å². The molecule has 1 saturated carbocycles. The van der Waals surface area contributed by atoms with E-state index < -0.39 is 0 Å². The first-order valence-electron chi connectivity index (χ1n) is 8.99.